The van der Waals surface area contributed by atoms with Gasteiger partial charge in [-0.15, -0.1) is 35.3 Å². The van der Waals surface area contributed by atoms with Gasteiger partial charge in [-0.2, -0.15) is 0 Å². The van der Waals surface area contributed by atoms with Crippen LogP contribution < -0.4 is 10.6 Å². The molecule has 0 aliphatic rings. The molecular formula is C17H23ClIN3OS. The molecule has 24 heavy (non-hydrogen) atoms. The van der Waals surface area contributed by atoms with Gasteiger partial charge in [-0.3, -0.25) is 0 Å². The topological polar surface area (TPSA) is 56.7 Å². The number of thiophene rings is 1. The van der Waals surface area contributed by atoms with Crippen molar-refractivity contribution in [2.24, 2.45) is 4.99 Å². The van der Waals surface area contributed by atoms with Crippen molar-refractivity contribution in [1.29, 1.82) is 0 Å². The number of rotatable bonds is 6. The zero-order valence-electron chi connectivity index (χ0n) is 13.8. The minimum atomic E-state index is -0.936. The van der Waals surface area contributed by atoms with Gasteiger partial charge in [0.2, 0.25) is 0 Å². The van der Waals surface area contributed by atoms with Crippen LogP contribution >= 0.6 is 46.9 Å². The van der Waals surface area contributed by atoms with Gasteiger partial charge in [0.25, 0.3) is 0 Å². The van der Waals surface area contributed by atoms with Crippen LogP contribution in [0.15, 0.2) is 46.8 Å². The van der Waals surface area contributed by atoms with Crippen LogP contribution in [-0.4, -0.2) is 24.2 Å². The van der Waals surface area contributed by atoms with Crippen molar-refractivity contribution < 1.29 is 5.11 Å². The van der Waals surface area contributed by atoms with Crippen LogP contribution in [0.4, 0.5) is 0 Å². The molecule has 2 aromatic rings. The maximum Gasteiger partial charge on any atom is 0.191 e. The highest BCUT2D eigenvalue weighted by molar-refractivity contribution is 14.0. The molecule has 0 radical (unpaired) electrons. The van der Waals surface area contributed by atoms with Crippen LogP contribution in [0.5, 0.6) is 0 Å². The first-order valence-electron chi connectivity index (χ1n) is 7.55. The molecule has 0 aliphatic carbocycles. The standard InChI is InChI=1S/C17H22ClN3OS.HI/c1-3-19-16(20-11-13-7-4-5-8-14(13)18)21-12-17(2,22)15-9-6-10-23-15;/h4-10,22H,3,11-12H2,1-2H3,(H2,19,20,21);1H. The summed E-state index contributed by atoms with van der Waals surface area (Å²) in [6.07, 6.45) is 0. The highest BCUT2D eigenvalue weighted by Crippen LogP contribution is 2.24. The van der Waals surface area contributed by atoms with E-state index < -0.39 is 5.60 Å². The van der Waals surface area contributed by atoms with Crippen molar-refractivity contribution in [1.82, 2.24) is 10.6 Å². The molecule has 0 saturated carbocycles. The lowest BCUT2D eigenvalue weighted by Gasteiger charge is -2.23. The monoisotopic (exact) mass is 479 g/mol. The van der Waals surface area contributed by atoms with Gasteiger partial charge in [0.05, 0.1) is 13.1 Å². The molecule has 1 unspecified atom stereocenters. The first-order valence-corrected chi connectivity index (χ1v) is 8.80. The third-order valence-corrected chi connectivity index (χ3v) is 4.85. The molecule has 0 spiro atoms. The average molecular weight is 480 g/mol. The van der Waals surface area contributed by atoms with Gasteiger partial charge in [0.1, 0.15) is 5.60 Å². The first-order chi connectivity index (χ1) is 11.0. The quantitative estimate of drug-likeness (QED) is 0.334. The summed E-state index contributed by atoms with van der Waals surface area (Å²) in [5, 5.41) is 19.6. The second-order valence-electron chi connectivity index (χ2n) is 5.39. The van der Waals surface area contributed by atoms with Gasteiger partial charge in [-0.05, 0) is 36.9 Å². The van der Waals surface area contributed by atoms with Crippen molar-refractivity contribution in [3.63, 3.8) is 0 Å². The summed E-state index contributed by atoms with van der Waals surface area (Å²) in [7, 11) is 0. The predicted octanol–water partition coefficient (Wildman–Crippen LogP) is 3.98. The lowest BCUT2D eigenvalue weighted by Crippen LogP contribution is -2.44. The van der Waals surface area contributed by atoms with Gasteiger partial charge in [0, 0.05) is 16.4 Å². The molecule has 0 saturated heterocycles. The number of hydrogen-bond acceptors (Lipinski definition) is 3. The number of benzene rings is 1. The van der Waals surface area contributed by atoms with Crippen LogP contribution in [-0.2, 0) is 12.1 Å². The van der Waals surface area contributed by atoms with E-state index in [2.05, 4.69) is 15.6 Å². The third-order valence-electron chi connectivity index (χ3n) is 3.36. The maximum absolute atomic E-state index is 10.6. The molecule has 1 aromatic carbocycles. The molecule has 0 aliphatic heterocycles. The minimum absolute atomic E-state index is 0. The van der Waals surface area contributed by atoms with Crippen LogP contribution in [0, 0.1) is 0 Å². The molecule has 132 valence electrons. The third kappa shape index (κ3) is 6.23. The Morgan fingerprint density at radius 3 is 2.62 bits per heavy atom. The number of aliphatic hydroxyl groups is 1. The highest BCUT2D eigenvalue weighted by Gasteiger charge is 2.24. The van der Waals surface area contributed by atoms with Crippen LogP contribution in [0.2, 0.25) is 5.02 Å². The van der Waals surface area contributed by atoms with E-state index in [1.165, 1.54) is 11.3 Å². The fourth-order valence-electron chi connectivity index (χ4n) is 2.06. The molecule has 3 N–H and O–H groups in total. The maximum atomic E-state index is 10.6. The summed E-state index contributed by atoms with van der Waals surface area (Å²) in [4.78, 5) is 5.45. The second kappa shape index (κ2) is 10.2. The summed E-state index contributed by atoms with van der Waals surface area (Å²) >= 11 is 7.69. The van der Waals surface area contributed by atoms with E-state index in [1.807, 2.05) is 48.7 Å². The number of aliphatic imine (C=N–C) groups is 1. The summed E-state index contributed by atoms with van der Waals surface area (Å²) in [6.45, 7) is 5.40. The Kier molecular flexibility index (Phi) is 9.04. The molecule has 1 atom stereocenters. The summed E-state index contributed by atoms with van der Waals surface area (Å²) in [5.74, 6) is 0.657. The van der Waals surface area contributed by atoms with Crippen molar-refractivity contribution in [2.45, 2.75) is 26.0 Å². The van der Waals surface area contributed by atoms with Crippen molar-refractivity contribution >= 4 is 52.9 Å². The Hall–Kier alpha value is -0.830. The van der Waals surface area contributed by atoms with E-state index in [1.54, 1.807) is 6.92 Å². The van der Waals surface area contributed by atoms with E-state index in [4.69, 9.17) is 11.6 Å². The molecule has 1 heterocycles. The average Bonchev–Trinajstić information content (AvgIpc) is 3.07. The van der Waals surface area contributed by atoms with E-state index in [0.717, 1.165) is 17.0 Å². The number of nitrogens with zero attached hydrogens (tertiary/aromatic N) is 1. The van der Waals surface area contributed by atoms with Gasteiger partial charge in [0.15, 0.2) is 5.96 Å². The lowest BCUT2D eigenvalue weighted by atomic mass is 10.1. The Morgan fingerprint density at radius 1 is 1.25 bits per heavy atom. The fraction of sp³-hybridized carbons (Fsp3) is 0.353. The Balaban J connectivity index is 0.00000288. The molecule has 0 bridgehead atoms. The second-order valence-corrected chi connectivity index (χ2v) is 6.75. The predicted molar refractivity (Wildman–Crippen MR) is 114 cm³/mol. The zero-order valence-corrected chi connectivity index (χ0v) is 17.7. The Bertz CT molecular complexity index is 647. The Labute approximate surface area is 169 Å². The summed E-state index contributed by atoms with van der Waals surface area (Å²) in [5.41, 5.74) is 0.0331. The minimum Gasteiger partial charge on any atom is -0.383 e. The van der Waals surface area contributed by atoms with Crippen LogP contribution in [0.3, 0.4) is 0 Å². The number of hydrogen-bond donors (Lipinski definition) is 3. The van der Waals surface area contributed by atoms with Crippen LogP contribution in [0.1, 0.15) is 24.3 Å². The molecule has 0 fully saturated rings. The number of halogens is 2. The summed E-state index contributed by atoms with van der Waals surface area (Å²) < 4.78 is 0. The van der Waals surface area contributed by atoms with Crippen molar-refractivity contribution in [2.75, 3.05) is 13.1 Å². The smallest absolute Gasteiger partial charge is 0.191 e. The Morgan fingerprint density at radius 2 is 2.00 bits per heavy atom. The van der Waals surface area contributed by atoms with Crippen molar-refractivity contribution in [3.05, 3.63) is 57.2 Å². The van der Waals surface area contributed by atoms with Gasteiger partial charge in [-0.25, -0.2) is 4.99 Å². The summed E-state index contributed by atoms with van der Waals surface area (Å²) in [6, 6.07) is 11.5. The molecule has 7 heteroatoms. The largest absolute Gasteiger partial charge is 0.383 e. The zero-order chi connectivity index (χ0) is 16.7. The van der Waals surface area contributed by atoms with E-state index in [9.17, 15) is 5.11 Å². The fourth-order valence-corrected chi connectivity index (χ4v) is 3.04. The van der Waals surface area contributed by atoms with Gasteiger partial charge in [-0.1, -0.05) is 35.9 Å². The molecule has 0 amide bonds. The van der Waals surface area contributed by atoms with Crippen molar-refractivity contribution in [3.8, 4) is 0 Å². The lowest BCUT2D eigenvalue weighted by molar-refractivity contribution is 0.0655. The molecular weight excluding hydrogens is 457 g/mol. The molecule has 2 rings (SSSR count). The van der Waals surface area contributed by atoms with E-state index in [0.29, 0.717) is 24.1 Å². The number of nitrogens with one attached hydrogen (secondary N) is 2. The number of guanidine groups is 1. The molecule has 4 nitrogen and oxygen atoms in total. The SMILES string of the molecule is CCNC(=NCc1ccccc1Cl)NCC(C)(O)c1cccs1.I. The van der Waals surface area contributed by atoms with E-state index in [-0.39, 0.29) is 24.0 Å². The molecule has 1 aromatic heterocycles. The normalized spacial score (nSPS) is 13.8. The first kappa shape index (κ1) is 21.2. The van der Waals surface area contributed by atoms with Gasteiger partial charge >= 0.3 is 0 Å². The highest BCUT2D eigenvalue weighted by atomic mass is 127. The van der Waals surface area contributed by atoms with Crippen LogP contribution in [0.25, 0.3) is 0 Å². The van der Waals surface area contributed by atoms with Gasteiger partial charge < -0.3 is 15.7 Å². The van der Waals surface area contributed by atoms with E-state index >= 15 is 0 Å².